The number of esters is 1. The van der Waals surface area contributed by atoms with Crippen LogP contribution in [0.2, 0.25) is 0 Å². The second-order valence-corrected chi connectivity index (χ2v) is 12.5. The predicted molar refractivity (Wildman–Crippen MR) is 157 cm³/mol. The van der Waals surface area contributed by atoms with Gasteiger partial charge in [-0.25, -0.2) is 4.79 Å². The average Bonchev–Trinajstić information content (AvgIpc) is 3.67. The molecule has 0 aromatic rings. The lowest BCUT2D eigenvalue weighted by atomic mass is 9.79. The molecule has 0 amide bonds. The summed E-state index contributed by atoms with van der Waals surface area (Å²) < 4.78 is 16.5. The second-order valence-electron chi connectivity index (χ2n) is 12.5. The van der Waals surface area contributed by atoms with Crippen molar-refractivity contribution in [1.29, 1.82) is 0 Å². The van der Waals surface area contributed by atoms with E-state index in [0.29, 0.717) is 5.57 Å². The molecule has 11 heteroatoms. The highest BCUT2D eigenvalue weighted by molar-refractivity contribution is 5.88. The number of carbonyl (C=O) groups excluding carboxylic acids is 4. The number of aliphatic hydroxyl groups excluding tert-OH is 4. The van der Waals surface area contributed by atoms with Crippen molar-refractivity contribution >= 4 is 23.3 Å². The summed E-state index contributed by atoms with van der Waals surface area (Å²) in [4.78, 5) is 53.0. The van der Waals surface area contributed by atoms with Crippen molar-refractivity contribution in [3.63, 3.8) is 0 Å². The Balaban J connectivity index is 2.50. The van der Waals surface area contributed by atoms with Crippen LogP contribution in [0.25, 0.3) is 0 Å². The predicted octanol–water partition coefficient (Wildman–Crippen LogP) is 1.58. The van der Waals surface area contributed by atoms with Crippen LogP contribution >= 0.6 is 0 Å². The Bertz CT molecular complexity index is 1080. The molecule has 11 nitrogen and oxygen atoms in total. The van der Waals surface area contributed by atoms with Crippen LogP contribution in [0.15, 0.2) is 23.8 Å². The van der Waals surface area contributed by atoms with Crippen molar-refractivity contribution in [3.05, 3.63) is 23.8 Å². The smallest absolute Gasteiger partial charge is 0.337 e. The highest BCUT2D eigenvalue weighted by atomic mass is 16.6. The minimum atomic E-state index is -1.92. The molecule has 2 aliphatic heterocycles. The van der Waals surface area contributed by atoms with E-state index in [1.54, 1.807) is 20.8 Å². The monoisotopic (exact) mass is 610 g/mol. The number of carbonyl (C=O) groups is 4. The Morgan fingerprint density at radius 2 is 1.60 bits per heavy atom. The van der Waals surface area contributed by atoms with E-state index in [0.717, 1.165) is 0 Å². The Morgan fingerprint density at radius 3 is 2.16 bits per heavy atom. The molecule has 0 unspecified atom stereocenters. The van der Waals surface area contributed by atoms with Gasteiger partial charge in [0.05, 0.1) is 30.3 Å². The number of aliphatic hydroxyl groups is 4. The molecule has 0 spiro atoms. The van der Waals surface area contributed by atoms with E-state index in [1.165, 1.54) is 34.0 Å². The maximum Gasteiger partial charge on any atom is 0.337 e. The molecule has 2 rings (SSSR count). The highest BCUT2D eigenvalue weighted by Crippen LogP contribution is 2.47. The van der Waals surface area contributed by atoms with E-state index < -0.39 is 102 Å². The second kappa shape index (κ2) is 15.1. The molecule has 1 saturated heterocycles. The third-order valence-corrected chi connectivity index (χ3v) is 9.21. The van der Waals surface area contributed by atoms with Crippen molar-refractivity contribution < 1.29 is 53.8 Å². The zero-order valence-electron chi connectivity index (χ0n) is 26.7. The number of Topliss-reactive ketones (excluding diaryl/α,β-unsaturated/α-hetero) is 3. The lowest BCUT2D eigenvalue weighted by Crippen LogP contribution is -2.49. The topological polar surface area (TPSA) is 180 Å². The number of hydrogen-bond acceptors (Lipinski definition) is 11. The molecule has 0 saturated carbocycles. The van der Waals surface area contributed by atoms with Crippen LogP contribution in [0, 0.1) is 35.5 Å². The van der Waals surface area contributed by atoms with Gasteiger partial charge in [0, 0.05) is 43.1 Å². The van der Waals surface area contributed by atoms with Gasteiger partial charge in [0.15, 0.2) is 6.10 Å². The zero-order chi connectivity index (χ0) is 33.0. The van der Waals surface area contributed by atoms with Gasteiger partial charge in [-0.2, -0.15) is 0 Å². The Labute approximate surface area is 254 Å². The van der Waals surface area contributed by atoms with Crippen LogP contribution in [0.3, 0.4) is 0 Å². The van der Waals surface area contributed by atoms with Crippen molar-refractivity contribution in [2.45, 2.75) is 104 Å². The van der Waals surface area contributed by atoms with Gasteiger partial charge in [-0.1, -0.05) is 52.8 Å². The van der Waals surface area contributed by atoms with Crippen LogP contribution in [0.1, 0.15) is 61.8 Å². The summed E-state index contributed by atoms with van der Waals surface area (Å²) >= 11 is 0. The van der Waals surface area contributed by atoms with Gasteiger partial charge >= 0.3 is 5.97 Å². The Morgan fingerprint density at radius 1 is 1.00 bits per heavy atom. The summed E-state index contributed by atoms with van der Waals surface area (Å²) in [6.45, 7) is 12.3. The van der Waals surface area contributed by atoms with Crippen molar-refractivity contribution in [2.75, 3.05) is 13.7 Å². The zero-order valence-corrected chi connectivity index (χ0v) is 26.7. The van der Waals surface area contributed by atoms with E-state index in [9.17, 15) is 39.6 Å². The molecular formula is C32H50O11. The first-order valence-electron chi connectivity index (χ1n) is 14.9. The summed E-state index contributed by atoms with van der Waals surface area (Å²) in [6, 6.07) is 0. The molecule has 13 atom stereocenters. The molecule has 0 aromatic carbocycles. The first kappa shape index (κ1) is 36.9. The molecule has 1 fully saturated rings. The molecular weight excluding hydrogens is 560 g/mol. The Hall–Kier alpha value is -2.28. The summed E-state index contributed by atoms with van der Waals surface area (Å²) in [5.74, 6) is -8.06. The number of rotatable bonds is 5. The summed E-state index contributed by atoms with van der Waals surface area (Å²) in [6.07, 6.45) is -2.96. The quantitative estimate of drug-likeness (QED) is 0.202. The molecule has 4 N–H and O–H groups in total. The SMILES string of the molecule is C/C=C\[C@H](C)[C@H]1O[C@]1(C)[C@@H](O)[C@H]1COC(=O)[C@H](O)[C@@H](OC)[C@H](C)C(=O)[C@H](C)[C@@H](O)/C(C)=C/[C@H](C)C(=O)C[C@H](O)[C@@H](C)C1=O. The van der Waals surface area contributed by atoms with Crippen LogP contribution in [-0.4, -0.2) is 99.7 Å². The maximum absolute atomic E-state index is 13.7. The van der Waals surface area contributed by atoms with Gasteiger partial charge in [0.1, 0.15) is 35.7 Å². The molecule has 0 aromatic heterocycles. The fourth-order valence-electron chi connectivity index (χ4n) is 6.05. The molecule has 2 aliphatic rings. The summed E-state index contributed by atoms with van der Waals surface area (Å²) in [7, 11) is 1.22. The number of hydrogen-bond donors (Lipinski definition) is 4. The minimum absolute atomic E-state index is 0.0932. The van der Waals surface area contributed by atoms with Crippen molar-refractivity contribution in [3.8, 4) is 0 Å². The largest absolute Gasteiger partial charge is 0.463 e. The van der Waals surface area contributed by atoms with E-state index in [2.05, 4.69) is 0 Å². The third-order valence-electron chi connectivity index (χ3n) is 9.21. The highest BCUT2D eigenvalue weighted by Gasteiger charge is 2.62. The number of epoxide rings is 1. The maximum atomic E-state index is 13.7. The van der Waals surface area contributed by atoms with E-state index in [1.807, 2.05) is 26.0 Å². The normalized spacial score (nSPS) is 42.0. The van der Waals surface area contributed by atoms with Gasteiger partial charge < -0.3 is 34.6 Å². The molecule has 43 heavy (non-hydrogen) atoms. The lowest BCUT2D eigenvalue weighted by molar-refractivity contribution is -0.169. The van der Waals surface area contributed by atoms with Crippen LogP contribution in [0.5, 0.6) is 0 Å². The number of allylic oxidation sites excluding steroid dienone is 2. The van der Waals surface area contributed by atoms with Gasteiger partial charge in [-0.15, -0.1) is 0 Å². The third kappa shape index (κ3) is 8.26. The van der Waals surface area contributed by atoms with Crippen LogP contribution in [-0.2, 0) is 33.4 Å². The number of ether oxygens (including phenoxy) is 3. The van der Waals surface area contributed by atoms with Gasteiger partial charge in [0.2, 0.25) is 0 Å². The van der Waals surface area contributed by atoms with E-state index >= 15 is 0 Å². The van der Waals surface area contributed by atoms with Crippen molar-refractivity contribution in [1.82, 2.24) is 0 Å². The fourth-order valence-corrected chi connectivity index (χ4v) is 6.05. The van der Waals surface area contributed by atoms with Crippen molar-refractivity contribution in [2.24, 2.45) is 35.5 Å². The van der Waals surface area contributed by atoms with Gasteiger partial charge in [0.25, 0.3) is 0 Å². The summed E-state index contributed by atoms with van der Waals surface area (Å²) in [5.41, 5.74) is -0.809. The van der Waals surface area contributed by atoms with Gasteiger partial charge in [-0.05, 0) is 26.3 Å². The molecule has 0 bridgehead atoms. The average molecular weight is 611 g/mol. The standard InChI is InChI=1S/C32H50O11/c1-10-11-15(2)30-32(8,43-30)29(39)21-14-42-31(40)27(38)28(41-9)20(7)25(36)19(6)24(35)17(4)12-16(3)22(33)13-23(34)18(5)26(21)37/h10-12,15-16,18-21,23-24,27-30,34-35,38-39H,13-14H2,1-9H3/b11-10-,17-12+/t15-,16-,18+,19+,20+,21-,23-,24-,27+,28-,29-,30+,32+/m0/s1. The molecule has 0 radical (unpaired) electrons. The fraction of sp³-hybridized carbons (Fsp3) is 0.750. The van der Waals surface area contributed by atoms with E-state index in [-0.39, 0.29) is 12.3 Å². The summed E-state index contributed by atoms with van der Waals surface area (Å²) in [5, 5.41) is 44.0. The van der Waals surface area contributed by atoms with Gasteiger partial charge in [-0.3, -0.25) is 14.4 Å². The van der Waals surface area contributed by atoms with Crippen LogP contribution < -0.4 is 0 Å². The van der Waals surface area contributed by atoms with Crippen LogP contribution in [0.4, 0.5) is 0 Å². The minimum Gasteiger partial charge on any atom is -0.463 e. The molecule has 2 heterocycles. The lowest BCUT2D eigenvalue weighted by Gasteiger charge is -2.31. The van der Waals surface area contributed by atoms with E-state index in [4.69, 9.17) is 14.2 Å². The number of ketones is 3. The first-order chi connectivity index (χ1) is 19.9. The molecule has 0 aliphatic carbocycles. The molecule has 244 valence electrons. The first-order valence-corrected chi connectivity index (χ1v) is 14.9. The Kier molecular flexibility index (Phi) is 13.0. The number of cyclic esters (lactones) is 1. The number of methoxy groups -OCH3 is 1.